The van der Waals surface area contributed by atoms with Crippen LogP contribution in [0.1, 0.15) is 45.7 Å². The molecule has 0 spiro atoms. The van der Waals surface area contributed by atoms with Gasteiger partial charge >= 0.3 is 0 Å². The second kappa shape index (κ2) is 5.12. The molecule has 1 aliphatic heterocycles. The average Bonchev–Trinajstić information content (AvgIpc) is 2.77. The average molecular weight is 264 g/mol. The van der Waals surface area contributed by atoms with E-state index >= 15 is 0 Å². The van der Waals surface area contributed by atoms with Crippen molar-refractivity contribution in [1.29, 1.82) is 0 Å². The first-order valence-electron chi connectivity index (χ1n) is 7.09. The van der Waals surface area contributed by atoms with E-state index in [4.69, 9.17) is 5.73 Å². The van der Waals surface area contributed by atoms with E-state index in [-0.39, 0.29) is 11.9 Å². The van der Waals surface area contributed by atoms with Crippen molar-refractivity contribution in [2.45, 2.75) is 40.2 Å². The lowest BCUT2D eigenvalue weighted by atomic mass is 9.80. The molecule has 1 unspecified atom stereocenters. The van der Waals surface area contributed by atoms with Crippen molar-refractivity contribution in [3.63, 3.8) is 0 Å². The molecule has 2 atom stereocenters. The van der Waals surface area contributed by atoms with E-state index in [9.17, 15) is 4.39 Å². The van der Waals surface area contributed by atoms with Crippen molar-refractivity contribution in [2.75, 3.05) is 18.0 Å². The molecule has 19 heavy (non-hydrogen) atoms. The fourth-order valence-electron chi connectivity index (χ4n) is 2.86. The Hall–Kier alpha value is -1.09. The van der Waals surface area contributed by atoms with E-state index in [1.807, 2.05) is 13.0 Å². The van der Waals surface area contributed by atoms with Crippen molar-refractivity contribution in [3.8, 4) is 0 Å². The molecule has 1 aromatic carbocycles. The summed E-state index contributed by atoms with van der Waals surface area (Å²) < 4.78 is 13.4. The minimum Gasteiger partial charge on any atom is -0.371 e. The van der Waals surface area contributed by atoms with Crippen LogP contribution in [0.4, 0.5) is 10.1 Å². The van der Waals surface area contributed by atoms with Crippen LogP contribution in [0.15, 0.2) is 18.2 Å². The van der Waals surface area contributed by atoms with Gasteiger partial charge in [-0.25, -0.2) is 4.39 Å². The van der Waals surface area contributed by atoms with Gasteiger partial charge in [0.2, 0.25) is 0 Å². The summed E-state index contributed by atoms with van der Waals surface area (Å²) >= 11 is 0. The van der Waals surface area contributed by atoms with Gasteiger partial charge in [0, 0.05) is 24.8 Å². The number of halogens is 1. The van der Waals surface area contributed by atoms with Crippen molar-refractivity contribution in [2.24, 2.45) is 17.1 Å². The zero-order valence-electron chi connectivity index (χ0n) is 12.4. The SMILES string of the molecule is C[C@@H](N)c1cc(F)ccc1N1CCC(C(C)(C)C)C1. The molecule has 1 fully saturated rings. The highest BCUT2D eigenvalue weighted by atomic mass is 19.1. The number of nitrogens with two attached hydrogens (primary N) is 1. The van der Waals surface area contributed by atoms with E-state index < -0.39 is 0 Å². The number of nitrogens with zero attached hydrogens (tertiary/aromatic N) is 1. The number of rotatable bonds is 2. The quantitative estimate of drug-likeness (QED) is 0.882. The van der Waals surface area contributed by atoms with Gasteiger partial charge in [-0.15, -0.1) is 0 Å². The van der Waals surface area contributed by atoms with Crippen LogP contribution in [0.3, 0.4) is 0 Å². The smallest absolute Gasteiger partial charge is 0.123 e. The Morgan fingerprint density at radius 3 is 2.58 bits per heavy atom. The highest BCUT2D eigenvalue weighted by Crippen LogP contribution is 2.37. The summed E-state index contributed by atoms with van der Waals surface area (Å²) in [6.45, 7) is 10.9. The molecule has 3 heteroatoms. The van der Waals surface area contributed by atoms with Gasteiger partial charge in [0.1, 0.15) is 5.82 Å². The standard InChI is InChI=1S/C16H25FN2/c1-11(18)14-9-13(17)5-6-15(14)19-8-7-12(10-19)16(2,3)4/h5-6,9,11-12H,7-8,10,18H2,1-4H3/t11-,12?/m1/s1. The van der Waals surface area contributed by atoms with Crippen LogP contribution in [-0.2, 0) is 0 Å². The molecule has 1 saturated heterocycles. The molecule has 0 amide bonds. The van der Waals surface area contributed by atoms with Gasteiger partial charge in [0.05, 0.1) is 0 Å². The minimum absolute atomic E-state index is 0.139. The number of benzene rings is 1. The molecule has 0 radical (unpaired) electrons. The Morgan fingerprint density at radius 1 is 1.37 bits per heavy atom. The van der Waals surface area contributed by atoms with Gasteiger partial charge < -0.3 is 10.6 Å². The maximum atomic E-state index is 13.4. The largest absolute Gasteiger partial charge is 0.371 e. The summed E-state index contributed by atoms with van der Waals surface area (Å²) in [6.07, 6.45) is 1.19. The third-order valence-electron chi connectivity index (χ3n) is 4.23. The molecule has 0 aliphatic carbocycles. The van der Waals surface area contributed by atoms with Crippen molar-refractivity contribution >= 4 is 5.69 Å². The highest BCUT2D eigenvalue weighted by molar-refractivity contribution is 5.55. The maximum Gasteiger partial charge on any atom is 0.123 e. The Kier molecular flexibility index (Phi) is 3.86. The molecular formula is C16H25FN2. The van der Waals surface area contributed by atoms with Crippen molar-refractivity contribution in [3.05, 3.63) is 29.6 Å². The Balaban J connectivity index is 2.24. The first kappa shape index (κ1) is 14.3. The van der Waals surface area contributed by atoms with Gasteiger partial charge in [0.25, 0.3) is 0 Å². The maximum absolute atomic E-state index is 13.4. The zero-order valence-corrected chi connectivity index (χ0v) is 12.4. The highest BCUT2D eigenvalue weighted by Gasteiger charge is 2.32. The first-order chi connectivity index (χ1) is 8.79. The Labute approximate surface area is 115 Å². The summed E-state index contributed by atoms with van der Waals surface area (Å²) in [5.74, 6) is 0.473. The summed E-state index contributed by atoms with van der Waals surface area (Å²) in [4.78, 5) is 2.36. The number of hydrogen-bond acceptors (Lipinski definition) is 2. The Morgan fingerprint density at radius 2 is 2.05 bits per heavy atom. The molecule has 0 aromatic heterocycles. The monoisotopic (exact) mass is 264 g/mol. The second-order valence-corrected chi connectivity index (χ2v) is 6.79. The predicted molar refractivity (Wildman–Crippen MR) is 78.8 cm³/mol. The van der Waals surface area contributed by atoms with E-state index in [1.165, 1.54) is 12.5 Å². The van der Waals surface area contributed by atoms with Crippen LogP contribution in [0.25, 0.3) is 0 Å². The molecule has 2 nitrogen and oxygen atoms in total. The fourth-order valence-corrected chi connectivity index (χ4v) is 2.86. The van der Waals surface area contributed by atoms with Crippen LogP contribution in [0.2, 0.25) is 0 Å². The van der Waals surface area contributed by atoms with Crippen LogP contribution >= 0.6 is 0 Å². The zero-order chi connectivity index (χ0) is 14.2. The lowest BCUT2D eigenvalue weighted by Crippen LogP contribution is -2.27. The number of hydrogen-bond donors (Lipinski definition) is 1. The van der Waals surface area contributed by atoms with E-state index in [0.29, 0.717) is 11.3 Å². The molecule has 1 aliphatic rings. The van der Waals surface area contributed by atoms with Crippen molar-refractivity contribution < 1.29 is 4.39 Å². The van der Waals surface area contributed by atoms with Gasteiger partial charge in [0.15, 0.2) is 0 Å². The predicted octanol–water partition coefficient (Wildman–Crippen LogP) is 3.72. The summed E-state index contributed by atoms with van der Waals surface area (Å²) in [6, 6.07) is 4.84. The van der Waals surface area contributed by atoms with Gasteiger partial charge in [-0.3, -0.25) is 0 Å². The molecular weight excluding hydrogens is 239 g/mol. The van der Waals surface area contributed by atoms with Gasteiger partial charge in [-0.05, 0) is 48.4 Å². The first-order valence-corrected chi connectivity index (χ1v) is 7.09. The molecule has 0 bridgehead atoms. The van der Waals surface area contributed by atoms with E-state index in [1.54, 1.807) is 6.07 Å². The Bertz CT molecular complexity index is 449. The third-order valence-corrected chi connectivity index (χ3v) is 4.23. The topological polar surface area (TPSA) is 29.3 Å². The lowest BCUT2D eigenvalue weighted by Gasteiger charge is -2.28. The summed E-state index contributed by atoms with van der Waals surface area (Å²) in [5, 5.41) is 0. The molecule has 2 N–H and O–H groups in total. The van der Waals surface area contributed by atoms with E-state index in [0.717, 1.165) is 24.3 Å². The van der Waals surface area contributed by atoms with Crippen LogP contribution in [0.5, 0.6) is 0 Å². The van der Waals surface area contributed by atoms with Gasteiger partial charge in [-0.1, -0.05) is 20.8 Å². The van der Waals surface area contributed by atoms with Crippen molar-refractivity contribution in [1.82, 2.24) is 0 Å². The van der Waals surface area contributed by atoms with Crippen LogP contribution in [0, 0.1) is 17.2 Å². The number of anilines is 1. The van der Waals surface area contributed by atoms with E-state index in [2.05, 4.69) is 25.7 Å². The normalized spacial score (nSPS) is 21.8. The lowest BCUT2D eigenvalue weighted by molar-refractivity contribution is 0.263. The molecule has 1 heterocycles. The third kappa shape index (κ3) is 3.08. The second-order valence-electron chi connectivity index (χ2n) is 6.79. The molecule has 1 aromatic rings. The molecule has 2 rings (SSSR count). The molecule has 0 saturated carbocycles. The van der Waals surface area contributed by atoms with Crippen LogP contribution in [-0.4, -0.2) is 13.1 Å². The molecule has 106 valence electrons. The fraction of sp³-hybridized carbons (Fsp3) is 0.625. The summed E-state index contributed by atoms with van der Waals surface area (Å²) in [5.41, 5.74) is 8.31. The minimum atomic E-state index is -0.206. The summed E-state index contributed by atoms with van der Waals surface area (Å²) in [7, 11) is 0. The van der Waals surface area contributed by atoms with Crippen LogP contribution < -0.4 is 10.6 Å². The van der Waals surface area contributed by atoms with Gasteiger partial charge in [-0.2, -0.15) is 0 Å².